The molecule has 0 aliphatic carbocycles. The molecule has 6 heteroatoms. The lowest BCUT2D eigenvalue weighted by Gasteiger charge is -2.06. The maximum absolute atomic E-state index is 12.3. The molecule has 2 aromatic carbocycles. The van der Waals surface area contributed by atoms with E-state index in [-0.39, 0.29) is 6.61 Å². The Morgan fingerprint density at radius 2 is 1.96 bits per heavy atom. The van der Waals surface area contributed by atoms with Crippen LogP contribution in [0.5, 0.6) is 0 Å². The summed E-state index contributed by atoms with van der Waals surface area (Å²) in [5.74, 6) is -0.477. The van der Waals surface area contributed by atoms with Crippen molar-refractivity contribution in [3.63, 3.8) is 0 Å². The van der Waals surface area contributed by atoms with Gasteiger partial charge in [0.25, 0.3) is 0 Å². The third-order valence-electron chi connectivity index (χ3n) is 3.90. The van der Waals surface area contributed by atoms with Gasteiger partial charge in [-0.05, 0) is 30.3 Å². The summed E-state index contributed by atoms with van der Waals surface area (Å²) in [5.41, 5.74) is 1.80. The fraction of sp³-hybridized carbons (Fsp3) is 0.0526. The number of hydrogen-bond donors (Lipinski definition) is 1. The minimum Gasteiger partial charge on any atom is -0.456 e. The second-order valence-electron chi connectivity index (χ2n) is 5.58. The third-order valence-corrected chi connectivity index (χ3v) is 4.39. The third kappa shape index (κ3) is 3.08. The number of aromatic nitrogens is 1. The number of nitrogens with one attached hydrogen (secondary N) is 1. The summed E-state index contributed by atoms with van der Waals surface area (Å²) in [6.45, 7) is -0.0159. The van der Waals surface area contributed by atoms with E-state index in [0.717, 1.165) is 20.8 Å². The quantitative estimate of drug-likeness (QED) is 0.410. The molecule has 0 saturated carbocycles. The molecule has 2 heterocycles. The highest BCUT2D eigenvalue weighted by Gasteiger charge is 2.13. The van der Waals surface area contributed by atoms with Gasteiger partial charge in [0.1, 0.15) is 17.9 Å². The number of H-pyrrole nitrogens is 1. The molecule has 0 spiro atoms. The van der Waals surface area contributed by atoms with Gasteiger partial charge in [0, 0.05) is 32.4 Å². The van der Waals surface area contributed by atoms with E-state index in [4.69, 9.17) is 9.15 Å². The van der Waals surface area contributed by atoms with Crippen LogP contribution >= 0.6 is 15.9 Å². The number of hydrogen-bond acceptors (Lipinski definition) is 4. The zero-order valence-electron chi connectivity index (χ0n) is 12.9. The summed E-state index contributed by atoms with van der Waals surface area (Å²) in [6.07, 6.45) is 0. The first-order chi connectivity index (χ1) is 12.1. The predicted octanol–water partition coefficient (Wildman–Crippen LogP) is 4.39. The van der Waals surface area contributed by atoms with Gasteiger partial charge in [-0.25, -0.2) is 9.59 Å². The van der Waals surface area contributed by atoms with Crippen LogP contribution < -0.4 is 5.63 Å². The number of rotatable bonds is 3. The molecule has 0 aliphatic rings. The molecule has 124 valence electrons. The summed E-state index contributed by atoms with van der Waals surface area (Å²) < 4.78 is 11.4. The fourth-order valence-corrected chi connectivity index (χ4v) is 3.07. The van der Waals surface area contributed by atoms with Gasteiger partial charge in [-0.1, -0.05) is 34.1 Å². The molecule has 25 heavy (non-hydrogen) atoms. The summed E-state index contributed by atoms with van der Waals surface area (Å²) in [5, 5.41) is 1.66. The van der Waals surface area contributed by atoms with E-state index in [1.54, 1.807) is 12.1 Å². The molecule has 0 unspecified atom stereocenters. The Bertz CT molecular complexity index is 1130. The fourth-order valence-electron chi connectivity index (χ4n) is 2.73. The molecule has 0 bridgehead atoms. The number of benzene rings is 2. The molecule has 0 aliphatic heterocycles. The zero-order valence-corrected chi connectivity index (χ0v) is 14.5. The van der Waals surface area contributed by atoms with Crippen molar-refractivity contribution in [2.24, 2.45) is 0 Å². The topological polar surface area (TPSA) is 72.3 Å². The summed E-state index contributed by atoms with van der Waals surface area (Å²) in [4.78, 5) is 27.0. The Balaban J connectivity index is 1.61. The first kappa shape index (κ1) is 15.7. The van der Waals surface area contributed by atoms with E-state index in [1.807, 2.05) is 36.4 Å². The molecule has 4 aromatic rings. The maximum Gasteiger partial charge on any atom is 0.355 e. The van der Waals surface area contributed by atoms with Crippen LogP contribution in [0, 0.1) is 0 Å². The van der Waals surface area contributed by atoms with Crippen molar-refractivity contribution in [1.29, 1.82) is 0 Å². The molecular weight excluding hydrogens is 386 g/mol. The number of ether oxygens (including phenoxy) is 1. The van der Waals surface area contributed by atoms with Gasteiger partial charge in [-0.3, -0.25) is 0 Å². The van der Waals surface area contributed by atoms with Gasteiger partial charge >= 0.3 is 11.6 Å². The van der Waals surface area contributed by atoms with Crippen molar-refractivity contribution in [2.75, 3.05) is 0 Å². The lowest BCUT2D eigenvalue weighted by molar-refractivity contribution is 0.0468. The molecule has 0 radical (unpaired) electrons. The minimum absolute atomic E-state index is 0.0159. The molecule has 1 N–H and O–H groups in total. The Kier molecular flexibility index (Phi) is 3.89. The van der Waals surface area contributed by atoms with E-state index in [9.17, 15) is 9.59 Å². The van der Waals surface area contributed by atoms with Gasteiger partial charge in [0.05, 0.1) is 0 Å². The van der Waals surface area contributed by atoms with Gasteiger partial charge < -0.3 is 14.1 Å². The Labute approximate surface area is 150 Å². The SMILES string of the molecule is O=C(OCc1cc(=O)oc2cc(Br)ccc12)c1cc2ccccc2[nH]1. The first-order valence-corrected chi connectivity index (χ1v) is 8.36. The van der Waals surface area contributed by atoms with Gasteiger partial charge in [-0.15, -0.1) is 0 Å². The number of aromatic amines is 1. The molecule has 0 amide bonds. The zero-order chi connectivity index (χ0) is 17.4. The average molecular weight is 398 g/mol. The van der Waals surface area contributed by atoms with Crippen LogP contribution in [-0.2, 0) is 11.3 Å². The van der Waals surface area contributed by atoms with Crippen LogP contribution in [0.1, 0.15) is 16.1 Å². The number of carbonyl (C=O) groups is 1. The number of esters is 1. The number of para-hydroxylation sites is 1. The van der Waals surface area contributed by atoms with E-state index in [2.05, 4.69) is 20.9 Å². The normalized spacial score (nSPS) is 11.1. The molecule has 2 aromatic heterocycles. The lowest BCUT2D eigenvalue weighted by Crippen LogP contribution is -2.08. The number of carbonyl (C=O) groups excluding carboxylic acids is 1. The second kappa shape index (κ2) is 6.22. The summed E-state index contributed by atoms with van der Waals surface area (Å²) >= 11 is 3.34. The van der Waals surface area contributed by atoms with E-state index in [0.29, 0.717) is 16.8 Å². The monoisotopic (exact) mass is 397 g/mol. The van der Waals surface area contributed by atoms with Crippen LogP contribution in [-0.4, -0.2) is 11.0 Å². The number of halogens is 1. The smallest absolute Gasteiger partial charge is 0.355 e. The highest BCUT2D eigenvalue weighted by Crippen LogP contribution is 2.22. The van der Waals surface area contributed by atoms with Crippen molar-refractivity contribution < 1.29 is 13.9 Å². The lowest BCUT2D eigenvalue weighted by atomic mass is 10.1. The van der Waals surface area contributed by atoms with Crippen LogP contribution in [0.3, 0.4) is 0 Å². The van der Waals surface area contributed by atoms with E-state index >= 15 is 0 Å². The second-order valence-corrected chi connectivity index (χ2v) is 6.49. The van der Waals surface area contributed by atoms with Crippen LogP contribution in [0.15, 0.2) is 68.3 Å². The van der Waals surface area contributed by atoms with E-state index < -0.39 is 11.6 Å². The van der Waals surface area contributed by atoms with Crippen LogP contribution in [0.4, 0.5) is 0 Å². The Morgan fingerprint density at radius 3 is 2.80 bits per heavy atom. The Morgan fingerprint density at radius 1 is 1.12 bits per heavy atom. The van der Waals surface area contributed by atoms with Gasteiger partial charge in [0.15, 0.2) is 0 Å². The first-order valence-electron chi connectivity index (χ1n) is 7.57. The van der Waals surface area contributed by atoms with Gasteiger partial charge in [-0.2, -0.15) is 0 Å². The van der Waals surface area contributed by atoms with Crippen LogP contribution in [0.25, 0.3) is 21.9 Å². The maximum atomic E-state index is 12.3. The molecule has 0 atom stereocenters. The van der Waals surface area contributed by atoms with Crippen molar-refractivity contribution >= 4 is 43.8 Å². The minimum atomic E-state index is -0.484. The molecule has 0 saturated heterocycles. The van der Waals surface area contributed by atoms with Crippen molar-refractivity contribution in [3.8, 4) is 0 Å². The molecular formula is C19H12BrNO4. The van der Waals surface area contributed by atoms with Crippen molar-refractivity contribution in [2.45, 2.75) is 6.61 Å². The molecule has 4 rings (SSSR count). The Hall–Kier alpha value is -2.86. The predicted molar refractivity (Wildman–Crippen MR) is 97.6 cm³/mol. The molecule has 0 fully saturated rings. The summed E-state index contributed by atoms with van der Waals surface area (Å²) in [7, 11) is 0. The largest absolute Gasteiger partial charge is 0.456 e. The summed E-state index contributed by atoms with van der Waals surface area (Å²) in [6, 6.07) is 16.0. The standard InChI is InChI=1S/C19H12BrNO4/c20-13-5-6-14-12(8-18(22)25-17(14)9-13)10-24-19(23)16-7-11-3-1-2-4-15(11)21-16/h1-9,21H,10H2. The van der Waals surface area contributed by atoms with Crippen molar-refractivity contribution in [1.82, 2.24) is 4.98 Å². The van der Waals surface area contributed by atoms with Crippen LogP contribution in [0.2, 0.25) is 0 Å². The highest BCUT2D eigenvalue weighted by molar-refractivity contribution is 9.10. The number of fused-ring (bicyclic) bond motifs is 2. The van der Waals surface area contributed by atoms with Gasteiger partial charge in [0.2, 0.25) is 0 Å². The van der Waals surface area contributed by atoms with Crippen molar-refractivity contribution in [3.05, 3.63) is 80.7 Å². The molecule has 5 nitrogen and oxygen atoms in total. The highest BCUT2D eigenvalue weighted by atomic mass is 79.9. The van der Waals surface area contributed by atoms with E-state index in [1.165, 1.54) is 6.07 Å². The average Bonchev–Trinajstić information content (AvgIpc) is 3.03.